The second-order valence-electron chi connectivity index (χ2n) is 6.07. The number of likely N-dealkylation sites (N-methyl/N-ethyl adjacent to an activating group) is 1. The topological polar surface area (TPSA) is 84.0 Å². The molecule has 0 spiro atoms. The number of esters is 1. The van der Waals surface area contributed by atoms with E-state index in [9.17, 15) is 18.0 Å². The molecule has 0 bridgehead atoms. The zero-order valence-electron chi connectivity index (χ0n) is 14.5. The minimum Gasteiger partial charge on any atom is -0.454 e. The van der Waals surface area contributed by atoms with E-state index in [4.69, 9.17) is 4.74 Å². The van der Waals surface area contributed by atoms with Crippen molar-refractivity contribution in [2.75, 3.05) is 26.0 Å². The summed E-state index contributed by atoms with van der Waals surface area (Å²) < 4.78 is 30.7. The Morgan fingerprint density at radius 1 is 1.44 bits per heavy atom. The highest BCUT2D eigenvalue weighted by Crippen LogP contribution is 2.23. The molecule has 140 valence electrons. The highest BCUT2D eigenvalue weighted by Gasteiger charge is 2.39. The maximum atomic E-state index is 12.3. The number of carbonyl (C=O) groups excluding carboxylic acids is 2. The summed E-state index contributed by atoms with van der Waals surface area (Å²) in [5.41, 5.74) is 1.01. The summed E-state index contributed by atoms with van der Waals surface area (Å²) in [7, 11) is -1.81. The molecule has 1 aromatic rings. The van der Waals surface area contributed by atoms with Gasteiger partial charge in [-0.25, -0.2) is 8.42 Å². The summed E-state index contributed by atoms with van der Waals surface area (Å²) in [6.07, 6.45) is 1.54. The highest BCUT2D eigenvalue weighted by atomic mass is 32.2. The van der Waals surface area contributed by atoms with Gasteiger partial charge in [-0.05, 0) is 41.7 Å². The fourth-order valence-electron chi connectivity index (χ4n) is 2.77. The number of amides is 1. The molecular formula is C16H24N2O5S2. The number of sulfonamides is 1. The molecule has 0 radical (unpaired) electrons. The molecule has 0 saturated carbocycles. The van der Waals surface area contributed by atoms with Crippen molar-refractivity contribution in [3.8, 4) is 0 Å². The lowest BCUT2D eigenvalue weighted by Crippen LogP contribution is -2.43. The third-order valence-electron chi connectivity index (χ3n) is 4.06. The van der Waals surface area contributed by atoms with E-state index in [0.717, 1.165) is 5.56 Å². The highest BCUT2D eigenvalue weighted by molar-refractivity contribution is 7.89. The summed E-state index contributed by atoms with van der Waals surface area (Å²) in [5.74, 6) is -0.950. The Labute approximate surface area is 152 Å². The molecule has 2 heterocycles. The molecule has 0 aliphatic carbocycles. The van der Waals surface area contributed by atoms with Gasteiger partial charge in [-0.3, -0.25) is 9.59 Å². The van der Waals surface area contributed by atoms with Crippen LogP contribution in [0.25, 0.3) is 0 Å². The molecule has 1 aliphatic rings. The Bertz CT molecular complexity index is 687. The fourth-order valence-corrected chi connectivity index (χ4v) is 5.16. The van der Waals surface area contributed by atoms with E-state index < -0.39 is 22.0 Å². The molecule has 0 N–H and O–H groups in total. The van der Waals surface area contributed by atoms with Crippen LogP contribution in [0.5, 0.6) is 0 Å². The average Bonchev–Trinajstić information content (AvgIpc) is 3.23. The predicted molar refractivity (Wildman–Crippen MR) is 95.6 cm³/mol. The number of rotatable bonds is 8. The maximum absolute atomic E-state index is 12.3. The van der Waals surface area contributed by atoms with E-state index >= 15 is 0 Å². The van der Waals surface area contributed by atoms with Gasteiger partial charge in [0.2, 0.25) is 10.0 Å². The van der Waals surface area contributed by atoms with E-state index in [0.29, 0.717) is 32.4 Å². The molecular weight excluding hydrogens is 364 g/mol. The van der Waals surface area contributed by atoms with Gasteiger partial charge in [-0.2, -0.15) is 15.6 Å². The molecule has 9 heteroatoms. The molecule has 1 fully saturated rings. The van der Waals surface area contributed by atoms with Crippen molar-refractivity contribution in [1.29, 1.82) is 0 Å². The zero-order valence-corrected chi connectivity index (χ0v) is 16.1. The van der Waals surface area contributed by atoms with Crippen molar-refractivity contribution in [1.82, 2.24) is 9.21 Å². The SMILES string of the molecule is CCCS(=O)(=O)N1CCCC1C(=O)OCC(=O)N(C)Cc1ccsc1. The largest absolute Gasteiger partial charge is 0.454 e. The Kier molecular flexibility index (Phi) is 6.97. The van der Waals surface area contributed by atoms with E-state index in [1.807, 2.05) is 16.8 Å². The van der Waals surface area contributed by atoms with Crippen LogP contribution in [0.3, 0.4) is 0 Å². The second-order valence-corrected chi connectivity index (χ2v) is 8.89. The molecule has 0 aromatic carbocycles. The number of hydrogen-bond donors (Lipinski definition) is 0. The van der Waals surface area contributed by atoms with Gasteiger partial charge in [0.25, 0.3) is 5.91 Å². The Morgan fingerprint density at radius 2 is 2.20 bits per heavy atom. The van der Waals surface area contributed by atoms with Crippen LogP contribution in [0.4, 0.5) is 0 Å². The van der Waals surface area contributed by atoms with Crippen LogP contribution in [0.1, 0.15) is 31.7 Å². The number of carbonyl (C=O) groups is 2. The summed E-state index contributed by atoms with van der Waals surface area (Å²) >= 11 is 1.55. The molecule has 1 aliphatic heterocycles. The van der Waals surface area contributed by atoms with Gasteiger partial charge < -0.3 is 9.64 Å². The monoisotopic (exact) mass is 388 g/mol. The molecule has 1 saturated heterocycles. The van der Waals surface area contributed by atoms with Crippen molar-refractivity contribution in [2.24, 2.45) is 0 Å². The van der Waals surface area contributed by atoms with Crippen molar-refractivity contribution in [2.45, 2.75) is 38.8 Å². The van der Waals surface area contributed by atoms with Gasteiger partial charge in [0.1, 0.15) is 6.04 Å². The van der Waals surface area contributed by atoms with Crippen LogP contribution in [-0.4, -0.2) is 61.5 Å². The first-order valence-electron chi connectivity index (χ1n) is 8.26. The first-order valence-corrected chi connectivity index (χ1v) is 10.8. The fraction of sp³-hybridized carbons (Fsp3) is 0.625. The van der Waals surface area contributed by atoms with Crippen molar-refractivity contribution < 1.29 is 22.7 Å². The minimum absolute atomic E-state index is 0.0130. The molecule has 1 atom stereocenters. The number of nitrogens with zero attached hydrogens (tertiary/aromatic N) is 2. The van der Waals surface area contributed by atoms with E-state index in [1.54, 1.807) is 25.3 Å². The average molecular weight is 389 g/mol. The van der Waals surface area contributed by atoms with Crippen LogP contribution >= 0.6 is 11.3 Å². The Morgan fingerprint density at radius 3 is 2.84 bits per heavy atom. The standard InChI is InChI=1S/C16H24N2O5S2/c1-3-9-25(21,22)18-7-4-5-14(18)16(20)23-11-15(19)17(2)10-13-6-8-24-12-13/h6,8,12,14H,3-5,7,9-11H2,1-2H3. The Balaban J connectivity index is 1.87. The second kappa shape index (κ2) is 8.77. The summed E-state index contributed by atoms with van der Waals surface area (Å²) in [6.45, 7) is 2.18. The summed E-state index contributed by atoms with van der Waals surface area (Å²) in [5, 5.41) is 3.88. The van der Waals surface area contributed by atoms with Gasteiger partial charge in [-0.1, -0.05) is 6.92 Å². The van der Waals surface area contributed by atoms with Gasteiger partial charge in [0.15, 0.2) is 6.61 Å². The lowest BCUT2D eigenvalue weighted by molar-refractivity contribution is -0.154. The smallest absolute Gasteiger partial charge is 0.324 e. The molecule has 1 unspecified atom stereocenters. The third-order valence-corrected chi connectivity index (χ3v) is 6.87. The predicted octanol–water partition coefficient (Wildman–Crippen LogP) is 1.45. The van der Waals surface area contributed by atoms with Crippen LogP contribution < -0.4 is 0 Å². The lowest BCUT2D eigenvalue weighted by atomic mass is 10.2. The van der Waals surface area contributed by atoms with Crippen LogP contribution in [0, 0.1) is 0 Å². The van der Waals surface area contributed by atoms with E-state index in [-0.39, 0.29) is 18.3 Å². The van der Waals surface area contributed by atoms with Crippen LogP contribution in [0.15, 0.2) is 16.8 Å². The van der Waals surface area contributed by atoms with Crippen LogP contribution in [0.2, 0.25) is 0 Å². The first kappa shape index (κ1) is 19.9. The molecule has 1 aromatic heterocycles. The normalized spacial score (nSPS) is 18.2. The van der Waals surface area contributed by atoms with Crippen molar-refractivity contribution in [3.63, 3.8) is 0 Å². The molecule has 7 nitrogen and oxygen atoms in total. The third kappa shape index (κ3) is 5.26. The van der Waals surface area contributed by atoms with Crippen molar-refractivity contribution in [3.05, 3.63) is 22.4 Å². The number of thiophene rings is 1. The Hall–Kier alpha value is -1.45. The summed E-state index contributed by atoms with van der Waals surface area (Å²) in [6, 6.07) is 1.11. The molecule has 25 heavy (non-hydrogen) atoms. The van der Waals surface area contributed by atoms with Gasteiger partial charge in [0, 0.05) is 20.1 Å². The first-order chi connectivity index (χ1) is 11.8. The lowest BCUT2D eigenvalue weighted by Gasteiger charge is -2.23. The van der Waals surface area contributed by atoms with Crippen LogP contribution in [-0.2, 0) is 30.9 Å². The van der Waals surface area contributed by atoms with E-state index in [2.05, 4.69) is 0 Å². The van der Waals surface area contributed by atoms with Gasteiger partial charge in [0.05, 0.1) is 5.75 Å². The molecule has 1 amide bonds. The van der Waals surface area contributed by atoms with E-state index in [1.165, 1.54) is 9.21 Å². The quantitative estimate of drug-likeness (QED) is 0.630. The maximum Gasteiger partial charge on any atom is 0.324 e. The summed E-state index contributed by atoms with van der Waals surface area (Å²) in [4.78, 5) is 25.8. The number of hydrogen-bond acceptors (Lipinski definition) is 6. The van der Waals surface area contributed by atoms with Gasteiger partial charge >= 0.3 is 5.97 Å². The zero-order chi connectivity index (χ0) is 18.4. The minimum atomic E-state index is -3.46. The van der Waals surface area contributed by atoms with Gasteiger partial charge in [-0.15, -0.1) is 0 Å². The number of ether oxygens (including phenoxy) is 1. The van der Waals surface area contributed by atoms with Crippen molar-refractivity contribution >= 4 is 33.2 Å². The molecule has 2 rings (SSSR count).